The van der Waals surface area contributed by atoms with Crippen LogP contribution in [0.25, 0.3) is 11.0 Å². The maximum atomic E-state index is 12.0. The van der Waals surface area contributed by atoms with E-state index in [1.165, 1.54) is 10.9 Å². The average molecular weight is 332 g/mol. The highest BCUT2D eigenvalue weighted by molar-refractivity contribution is 6.30. The van der Waals surface area contributed by atoms with E-state index in [0.717, 1.165) is 5.56 Å². The molecular weight excluding hydrogens is 318 g/mol. The number of carbonyl (C=O) groups excluding carboxylic acids is 1. The largest absolute Gasteiger partial charge is 0.352 e. The van der Waals surface area contributed by atoms with Gasteiger partial charge < -0.3 is 10.3 Å². The molecule has 1 amide bonds. The summed E-state index contributed by atoms with van der Waals surface area (Å²) in [6.45, 7) is 0.360. The Balaban J connectivity index is 1.69. The molecule has 0 spiro atoms. The highest BCUT2D eigenvalue weighted by Crippen LogP contribution is 2.10. The topological polar surface area (TPSA) is 92.7 Å². The molecule has 0 bridgehead atoms. The highest BCUT2D eigenvalue weighted by Gasteiger charge is 2.11. The van der Waals surface area contributed by atoms with E-state index in [9.17, 15) is 9.59 Å². The smallest absolute Gasteiger partial charge is 0.277 e. The van der Waals surface area contributed by atoms with Crippen molar-refractivity contribution in [3.05, 3.63) is 57.2 Å². The molecule has 0 atom stereocenters. The zero-order chi connectivity index (χ0) is 16.4. The molecule has 0 radical (unpaired) electrons. The molecular formula is C15H14ClN5O2. The van der Waals surface area contributed by atoms with Crippen molar-refractivity contribution in [3.63, 3.8) is 0 Å². The van der Waals surface area contributed by atoms with Crippen LogP contribution in [0, 0.1) is 0 Å². The summed E-state index contributed by atoms with van der Waals surface area (Å²) in [5.74, 6) is 0.0652. The van der Waals surface area contributed by atoms with Crippen LogP contribution < -0.4 is 10.9 Å². The molecule has 0 saturated carbocycles. The van der Waals surface area contributed by atoms with Gasteiger partial charge in [0.1, 0.15) is 11.3 Å². The van der Waals surface area contributed by atoms with Crippen LogP contribution in [0.3, 0.4) is 0 Å². The van der Waals surface area contributed by atoms with Gasteiger partial charge in [0.2, 0.25) is 5.91 Å². The molecule has 0 aliphatic heterocycles. The van der Waals surface area contributed by atoms with Crippen molar-refractivity contribution in [1.82, 2.24) is 25.1 Å². The van der Waals surface area contributed by atoms with E-state index in [0.29, 0.717) is 28.4 Å². The van der Waals surface area contributed by atoms with Crippen LogP contribution in [-0.2, 0) is 24.8 Å². The average Bonchev–Trinajstić information content (AvgIpc) is 2.87. The number of benzene rings is 1. The van der Waals surface area contributed by atoms with Crippen LogP contribution in [0.1, 0.15) is 11.4 Å². The predicted molar refractivity (Wildman–Crippen MR) is 86.1 cm³/mol. The predicted octanol–water partition coefficient (Wildman–Crippen LogP) is 1.17. The summed E-state index contributed by atoms with van der Waals surface area (Å²) >= 11 is 5.89. The number of nitrogens with one attached hydrogen (secondary N) is 2. The summed E-state index contributed by atoms with van der Waals surface area (Å²) in [5, 5.41) is 7.36. The summed E-state index contributed by atoms with van der Waals surface area (Å²) in [6, 6.07) is 7.24. The lowest BCUT2D eigenvalue weighted by Crippen LogP contribution is -2.26. The third kappa shape index (κ3) is 3.40. The Labute approximate surface area is 136 Å². The normalized spacial score (nSPS) is 10.9. The van der Waals surface area contributed by atoms with Crippen LogP contribution in [0.2, 0.25) is 5.02 Å². The van der Waals surface area contributed by atoms with Gasteiger partial charge in [-0.15, -0.1) is 0 Å². The fourth-order valence-electron chi connectivity index (χ4n) is 2.28. The second-order valence-electron chi connectivity index (χ2n) is 5.10. The van der Waals surface area contributed by atoms with Gasteiger partial charge in [0.25, 0.3) is 5.56 Å². The van der Waals surface area contributed by atoms with E-state index in [4.69, 9.17) is 11.6 Å². The first kappa shape index (κ1) is 15.2. The fourth-order valence-corrected chi connectivity index (χ4v) is 2.49. The van der Waals surface area contributed by atoms with Crippen LogP contribution in [-0.4, -0.2) is 25.7 Å². The number of hydrogen-bond donors (Lipinski definition) is 2. The molecule has 2 aromatic heterocycles. The van der Waals surface area contributed by atoms with Crippen molar-refractivity contribution in [2.45, 2.75) is 13.0 Å². The van der Waals surface area contributed by atoms with E-state index in [1.807, 2.05) is 12.1 Å². The maximum Gasteiger partial charge on any atom is 0.277 e. The van der Waals surface area contributed by atoms with Crippen LogP contribution in [0.5, 0.6) is 0 Å². The SMILES string of the molecule is Cn1ncc2nc(CC(=O)NCc3cccc(Cl)c3)[nH]c(=O)c21. The number of amides is 1. The number of aromatic nitrogens is 4. The lowest BCUT2D eigenvalue weighted by Gasteiger charge is -2.05. The molecule has 0 fully saturated rings. The number of aryl methyl sites for hydroxylation is 1. The van der Waals surface area contributed by atoms with E-state index < -0.39 is 0 Å². The molecule has 0 unspecified atom stereocenters. The number of halogens is 1. The fraction of sp³-hybridized carbons (Fsp3) is 0.200. The minimum atomic E-state index is -0.312. The second-order valence-corrected chi connectivity index (χ2v) is 5.53. The van der Waals surface area contributed by atoms with Crippen LogP contribution >= 0.6 is 11.6 Å². The Kier molecular flexibility index (Phi) is 4.12. The Bertz CT molecular complexity index is 931. The van der Waals surface area contributed by atoms with E-state index in [-0.39, 0.29) is 17.9 Å². The van der Waals surface area contributed by atoms with Gasteiger partial charge in [0.05, 0.1) is 12.6 Å². The van der Waals surface area contributed by atoms with E-state index in [1.54, 1.807) is 19.2 Å². The first-order valence-corrected chi connectivity index (χ1v) is 7.33. The molecule has 3 aromatic rings. The summed E-state index contributed by atoms with van der Waals surface area (Å²) in [4.78, 5) is 30.8. The number of carbonyl (C=O) groups is 1. The van der Waals surface area contributed by atoms with Gasteiger partial charge in [-0.1, -0.05) is 23.7 Å². The molecule has 118 valence electrons. The third-order valence-electron chi connectivity index (χ3n) is 3.35. The molecule has 7 nitrogen and oxygen atoms in total. The van der Waals surface area contributed by atoms with Gasteiger partial charge in [-0.3, -0.25) is 14.3 Å². The quantitative estimate of drug-likeness (QED) is 0.750. The Morgan fingerprint density at radius 2 is 2.26 bits per heavy atom. The minimum Gasteiger partial charge on any atom is -0.352 e. The third-order valence-corrected chi connectivity index (χ3v) is 3.59. The molecule has 0 aliphatic carbocycles. The molecule has 2 heterocycles. The number of fused-ring (bicyclic) bond motifs is 1. The zero-order valence-corrected chi connectivity index (χ0v) is 13.1. The summed E-state index contributed by atoms with van der Waals surface area (Å²) < 4.78 is 1.45. The summed E-state index contributed by atoms with van der Waals surface area (Å²) in [6.07, 6.45) is 1.48. The molecule has 0 saturated heterocycles. The summed E-state index contributed by atoms with van der Waals surface area (Å²) in [5.41, 5.74) is 1.43. The molecule has 23 heavy (non-hydrogen) atoms. The first-order chi connectivity index (χ1) is 11.0. The highest BCUT2D eigenvalue weighted by atomic mass is 35.5. The van der Waals surface area contributed by atoms with Crippen molar-refractivity contribution in [3.8, 4) is 0 Å². The van der Waals surface area contributed by atoms with Gasteiger partial charge in [0.15, 0.2) is 5.52 Å². The lowest BCUT2D eigenvalue weighted by molar-refractivity contribution is -0.120. The van der Waals surface area contributed by atoms with Gasteiger partial charge in [-0.05, 0) is 17.7 Å². The molecule has 3 rings (SSSR count). The number of nitrogens with zero attached hydrogens (tertiary/aromatic N) is 3. The Morgan fingerprint density at radius 3 is 3.04 bits per heavy atom. The van der Waals surface area contributed by atoms with Crippen LogP contribution in [0.15, 0.2) is 35.3 Å². The standard InChI is InChI=1S/C15H14ClN5O2/c1-21-14-11(8-18-21)19-12(20-15(14)23)6-13(22)17-7-9-3-2-4-10(16)5-9/h2-5,8H,6-7H2,1H3,(H,17,22)(H,19,20,23). The van der Waals surface area contributed by atoms with Crippen molar-refractivity contribution in [2.24, 2.45) is 7.05 Å². The Hall–Kier alpha value is -2.67. The molecule has 8 heteroatoms. The van der Waals surface area contributed by atoms with Crippen molar-refractivity contribution in [2.75, 3.05) is 0 Å². The van der Waals surface area contributed by atoms with Crippen molar-refractivity contribution < 1.29 is 4.79 Å². The number of hydrogen-bond acceptors (Lipinski definition) is 4. The monoisotopic (exact) mass is 331 g/mol. The zero-order valence-electron chi connectivity index (χ0n) is 12.3. The number of aromatic amines is 1. The van der Waals surface area contributed by atoms with Gasteiger partial charge in [0, 0.05) is 18.6 Å². The summed E-state index contributed by atoms with van der Waals surface area (Å²) in [7, 11) is 1.66. The van der Waals surface area contributed by atoms with Gasteiger partial charge in [-0.25, -0.2) is 4.98 Å². The number of rotatable bonds is 4. The molecule has 1 aromatic carbocycles. The number of H-pyrrole nitrogens is 1. The minimum absolute atomic E-state index is 0.0133. The van der Waals surface area contributed by atoms with E-state index >= 15 is 0 Å². The maximum absolute atomic E-state index is 12.0. The van der Waals surface area contributed by atoms with Gasteiger partial charge >= 0.3 is 0 Å². The van der Waals surface area contributed by atoms with Crippen molar-refractivity contribution >= 4 is 28.5 Å². The first-order valence-electron chi connectivity index (χ1n) is 6.95. The van der Waals surface area contributed by atoms with Crippen LogP contribution in [0.4, 0.5) is 0 Å². The second kappa shape index (κ2) is 6.21. The molecule has 2 N–H and O–H groups in total. The van der Waals surface area contributed by atoms with Crippen molar-refractivity contribution in [1.29, 1.82) is 0 Å². The Morgan fingerprint density at radius 1 is 1.43 bits per heavy atom. The van der Waals surface area contributed by atoms with E-state index in [2.05, 4.69) is 20.4 Å². The lowest BCUT2D eigenvalue weighted by atomic mass is 10.2. The molecule has 0 aliphatic rings. The van der Waals surface area contributed by atoms with Gasteiger partial charge in [-0.2, -0.15) is 5.10 Å².